The van der Waals surface area contributed by atoms with Crippen molar-refractivity contribution in [3.63, 3.8) is 0 Å². The van der Waals surface area contributed by atoms with Crippen molar-refractivity contribution in [2.45, 2.75) is 33.6 Å². The zero-order chi connectivity index (χ0) is 19.1. The summed E-state index contributed by atoms with van der Waals surface area (Å²) in [5.74, 6) is -0.433. The van der Waals surface area contributed by atoms with Gasteiger partial charge in [-0.05, 0) is 48.6 Å². The second-order valence-corrected chi connectivity index (χ2v) is 5.95. The number of nitriles is 1. The predicted octanol–water partition coefficient (Wildman–Crippen LogP) is 4.28. The number of rotatable bonds is 6. The first-order valence-electron chi connectivity index (χ1n) is 8.58. The predicted molar refractivity (Wildman–Crippen MR) is 104 cm³/mol. The summed E-state index contributed by atoms with van der Waals surface area (Å²) in [7, 11) is 0. The quantitative estimate of drug-likeness (QED) is 0.413. The van der Waals surface area contributed by atoms with Gasteiger partial charge in [-0.15, -0.1) is 0 Å². The SMILES string of the molecule is CCc1cccc(CC)c1NC(=O)/C(C#N)=C\Nc1cc(C)ccc1O. The number of nitrogens with one attached hydrogen (secondary N) is 2. The fourth-order valence-electron chi connectivity index (χ4n) is 2.65. The van der Waals surface area contributed by atoms with Crippen molar-refractivity contribution < 1.29 is 9.90 Å². The maximum absolute atomic E-state index is 12.5. The molecule has 0 saturated carbocycles. The second kappa shape index (κ2) is 8.72. The molecule has 3 N–H and O–H groups in total. The number of carbonyl (C=O) groups excluding carboxylic acids is 1. The summed E-state index contributed by atoms with van der Waals surface area (Å²) in [4.78, 5) is 12.5. The lowest BCUT2D eigenvalue weighted by Crippen LogP contribution is -2.17. The van der Waals surface area contributed by atoms with Crippen LogP contribution in [-0.4, -0.2) is 11.0 Å². The molecule has 0 aliphatic carbocycles. The van der Waals surface area contributed by atoms with Crippen LogP contribution in [0.1, 0.15) is 30.5 Å². The number of aryl methyl sites for hydroxylation is 3. The molecule has 0 aliphatic rings. The highest BCUT2D eigenvalue weighted by molar-refractivity contribution is 6.07. The highest BCUT2D eigenvalue weighted by atomic mass is 16.3. The van der Waals surface area contributed by atoms with Crippen LogP contribution < -0.4 is 10.6 Å². The van der Waals surface area contributed by atoms with Gasteiger partial charge in [0.1, 0.15) is 17.4 Å². The van der Waals surface area contributed by atoms with Crippen molar-refractivity contribution in [1.29, 1.82) is 5.26 Å². The maximum atomic E-state index is 12.5. The fourth-order valence-corrected chi connectivity index (χ4v) is 2.65. The monoisotopic (exact) mass is 349 g/mol. The minimum atomic E-state index is -0.484. The molecular formula is C21H23N3O2. The first-order valence-corrected chi connectivity index (χ1v) is 8.58. The third kappa shape index (κ3) is 4.42. The Morgan fingerprint density at radius 1 is 1.19 bits per heavy atom. The van der Waals surface area contributed by atoms with E-state index in [-0.39, 0.29) is 11.3 Å². The van der Waals surface area contributed by atoms with E-state index < -0.39 is 5.91 Å². The van der Waals surface area contributed by atoms with Crippen LogP contribution in [0.2, 0.25) is 0 Å². The molecule has 1 amide bonds. The van der Waals surface area contributed by atoms with E-state index in [1.807, 2.05) is 45.0 Å². The van der Waals surface area contributed by atoms with E-state index in [0.29, 0.717) is 5.69 Å². The van der Waals surface area contributed by atoms with Gasteiger partial charge >= 0.3 is 0 Å². The van der Waals surface area contributed by atoms with Crippen LogP contribution in [0.4, 0.5) is 11.4 Å². The van der Waals surface area contributed by atoms with Gasteiger partial charge in [-0.3, -0.25) is 4.79 Å². The minimum Gasteiger partial charge on any atom is -0.506 e. The molecule has 0 aromatic heterocycles. The van der Waals surface area contributed by atoms with E-state index >= 15 is 0 Å². The average Bonchev–Trinajstić information content (AvgIpc) is 2.65. The Hall–Kier alpha value is -3.26. The molecule has 2 aromatic carbocycles. The Balaban J connectivity index is 2.25. The molecule has 0 unspecified atom stereocenters. The van der Waals surface area contributed by atoms with Crippen LogP contribution in [0.25, 0.3) is 0 Å². The number of carbonyl (C=O) groups is 1. The van der Waals surface area contributed by atoms with Crippen LogP contribution in [0, 0.1) is 18.3 Å². The van der Waals surface area contributed by atoms with Gasteiger partial charge in [0.2, 0.25) is 0 Å². The van der Waals surface area contributed by atoms with E-state index in [1.165, 1.54) is 6.20 Å². The molecular weight excluding hydrogens is 326 g/mol. The Morgan fingerprint density at radius 3 is 2.42 bits per heavy atom. The first-order chi connectivity index (χ1) is 12.5. The Labute approximate surface area is 154 Å². The largest absolute Gasteiger partial charge is 0.506 e. The molecule has 26 heavy (non-hydrogen) atoms. The Kier molecular flexibility index (Phi) is 6.40. The number of aromatic hydroxyl groups is 1. The molecule has 134 valence electrons. The summed E-state index contributed by atoms with van der Waals surface area (Å²) in [5, 5.41) is 24.9. The maximum Gasteiger partial charge on any atom is 0.267 e. The molecule has 0 saturated heterocycles. The van der Waals surface area contributed by atoms with Gasteiger partial charge in [0.05, 0.1) is 5.69 Å². The third-order valence-electron chi connectivity index (χ3n) is 4.13. The highest BCUT2D eigenvalue weighted by Crippen LogP contribution is 2.25. The van der Waals surface area contributed by atoms with Crippen molar-refractivity contribution in [3.8, 4) is 11.8 Å². The van der Waals surface area contributed by atoms with Gasteiger partial charge in [-0.2, -0.15) is 5.26 Å². The summed E-state index contributed by atoms with van der Waals surface area (Å²) >= 11 is 0. The summed E-state index contributed by atoms with van der Waals surface area (Å²) in [6, 6.07) is 12.9. The highest BCUT2D eigenvalue weighted by Gasteiger charge is 2.14. The normalized spacial score (nSPS) is 10.9. The molecule has 2 aromatic rings. The zero-order valence-electron chi connectivity index (χ0n) is 15.3. The van der Waals surface area contributed by atoms with Crippen LogP contribution in [0.3, 0.4) is 0 Å². The Bertz CT molecular complexity index is 857. The van der Waals surface area contributed by atoms with Gasteiger partial charge in [-0.25, -0.2) is 0 Å². The lowest BCUT2D eigenvalue weighted by molar-refractivity contribution is -0.112. The number of anilines is 2. The minimum absolute atomic E-state index is 0.0501. The van der Waals surface area contributed by atoms with Crippen LogP contribution >= 0.6 is 0 Å². The molecule has 0 atom stereocenters. The van der Waals surface area contributed by atoms with Gasteiger partial charge < -0.3 is 15.7 Å². The number of nitrogens with zero attached hydrogens (tertiary/aromatic N) is 1. The molecule has 0 spiro atoms. The molecule has 0 bridgehead atoms. The molecule has 0 radical (unpaired) electrons. The van der Waals surface area contributed by atoms with E-state index in [1.54, 1.807) is 18.2 Å². The summed E-state index contributed by atoms with van der Waals surface area (Å²) in [6.07, 6.45) is 2.87. The van der Waals surface area contributed by atoms with Crippen LogP contribution in [0.15, 0.2) is 48.2 Å². The molecule has 5 heteroatoms. The standard InChI is InChI=1S/C21H23N3O2/c1-4-15-7-6-8-16(5-2)20(15)24-21(26)17(12-22)13-23-18-11-14(3)9-10-19(18)25/h6-11,13,23,25H,4-5H2,1-3H3,(H,24,26)/b17-13-. The van der Waals surface area contributed by atoms with Crippen molar-refractivity contribution in [1.82, 2.24) is 0 Å². The zero-order valence-corrected chi connectivity index (χ0v) is 15.3. The van der Waals surface area contributed by atoms with E-state index in [0.717, 1.165) is 35.2 Å². The van der Waals surface area contributed by atoms with Crippen molar-refractivity contribution in [3.05, 3.63) is 64.9 Å². The van der Waals surface area contributed by atoms with E-state index in [4.69, 9.17) is 0 Å². The molecule has 2 rings (SSSR count). The molecule has 0 heterocycles. The third-order valence-corrected chi connectivity index (χ3v) is 4.13. The number of hydrogen-bond donors (Lipinski definition) is 3. The van der Waals surface area contributed by atoms with Crippen molar-refractivity contribution >= 4 is 17.3 Å². The lowest BCUT2D eigenvalue weighted by atomic mass is 10.0. The van der Waals surface area contributed by atoms with Gasteiger partial charge in [-0.1, -0.05) is 38.1 Å². The second-order valence-electron chi connectivity index (χ2n) is 5.95. The summed E-state index contributed by atoms with van der Waals surface area (Å²) < 4.78 is 0. The molecule has 0 fully saturated rings. The van der Waals surface area contributed by atoms with Crippen molar-refractivity contribution in [2.75, 3.05) is 10.6 Å². The number of amides is 1. The van der Waals surface area contributed by atoms with Crippen LogP contribution in [0.5, 0.6) is 5.75 Å². The average molecular weight is 349 g/mol. The first kappa shape index (κ1) is 19.1. The molecule has 5 nitrogen and oxygen atoms in total. The van der Waals surface area contributed by atoms with Gasteiger partial charge in [0.15, 0.2) is 0 Å². The Morgan fingerprint density at radius 2 is 1.85 bits per heavy atom. The van der Waals surface area contributed by atoms with E-state index in [2.05, 4.69) is 10.6 Å². The summed E-state index contributed by atoms with van der Waals surface area (Å²) in [5.41, 5.74) is 4.14. The molecule has 0 aliphatic heterocycles. The van der Waals surface area contributed by atoms with Crippen molar-refractivity contribution in [2.24, 2.45) is 0 Å². The number of hydrogen-bond acceptors (Lipinski definition) is 4. The lowest BCUT2D eigenvalue weighted by Gasteiger charge is -2.14. The summed E-state index contributed by atoms with van der Waals surface area (Å²) in [6.45, 7) is 5.93. The fraction of sp³-hybridized carbons (Fsp3) is 0.238. The number of benzene rings is 2. The topological polar surface area (TPSA) is 85.2 Å². The number of phenols is 1. The number of phenolic OH excluding ortho intramolecular Hbond substituents is 1. The number of para-hydroxylation sites is 1. The smallest absolute Gasteiger partial charge is 0.267 e. The van der Waals surface area contributed by atoms with Gasteiger partial charge in [0, 0.05) is 11.9 Å². The van der Waals surface area contributed by atoms with Gasteiger partial charge in [0.25, 0.3) is 5.91 Å². The van der Waals surface area contributed by atoms with E-state index in [9.17, 15) is 15.2 Å². The van der Waals surface area contributed by atoms with Crippen LogP contribution in [-0.2, 0) is 17.6 Å².